The lowest BCUT2D eigenvalue weighted by molar-refractivity contribution is -0.384. The third-order valence-electron chi connectivity index (χ3n) is 5.65. The van der Waals surface area contributed by atoms with E-state index in [9.17, 15) is 19.7 Å². The number of nitro benzene ring substituents is 1. The number of carbonyl (C=O) groups is 2. The van der Waals surface area contributed by atoms with E-state index in [-0.39, 0.29) is 17.2 Å². The maximum atomic E-state index is 12.6. The zero-order valence-electron chi connectivity index (χ0n) is 16.2. The summed E-state index contributed by atoms with van der Waals surface area (Å²) in [5.41, 5.74) is 5.71. The highest BCUT2D eigenvalue weighted by molar-refractivity contribution is 5.94. The number of piperazine rings is 1. The first-order chi connectivity index (χ1) is 13.4. The number of carbonyl (C=O) groups excluding carboxylic acids is 2. The van der Waals surface area contributed by atoms with E-state index in [4.69, 9.17) is 5.73 Å². The summed E-state index contributed by atoms with van der Waals surface area (Å²) in [5.74, 6) is -0.526. The van der Waals surface area contributed by atoms with Crippen molar-refractivity contribution in [3.8, 4) is 0 Å². The van der Waals surface area contributed by atoms with Crippen LogP contribution in [-0.2, 0) is 4.79 Å². The first kappa shape index (κ1) is 20.1. The molecule has 9 heteroatoms. The molecule has 0 bridgehead atoms. The van der Waals surface area contributed by atoms with Crippen molar-refractivity contribution >= 4 is 23.2 Å². The summed E-state index contributed by atoms with van der Waals surface area (Å²) in [5, 5.41) is 11.4. The van der Waals surface area contributed by atoms with Crippen molar-refractivity contribution in [1.82, 2.24) is 9.80 Å². The second kappa shape index (κ2) is 8.55. The van der Waals surface area contributed by atoms with E-state index in [0.29, 0.717) is 44.5 Å². The van der Waals surface area contributed by atoms with Crippen molar-refractivity contribution in [2.75, 3.05) is 44.2 Å². The van der Waals surface area contributed by atoms with Gasteiger partial charge in [-0.25, -0.2) is 0 Å². The van der Waals surface area contributed by atoms with Crippen LogP contribution in [0.15, 0.2) is 18.2 Å². The second-order valence-electron chi connectivity index (χ2n) is 7.52. The van der Waals surface area contributed by atoms with Crippen molar-refractivity contribution in [3.05, 3.63) is 33.9 Å². The number of hydrogen-bond acceptors (Lipinski definition) is 6. The van der Waals surface area contributed by atoms with Gasteiger partial charge in [0.05, 0.1) is 11.5 Å². The number of nitro groups is 1. The highest BCUT2D eigenvalue weighted by Gasteiger charge is 2.28. The first-order valence-electron chi connectivity index (χ1n) is 9.72. The minimum atomic E-state index is -0.690. The zero-order chi connectivity index (χ0) is 20.3. The standard InChI is InChI=1S/C19H27N5O4/c1-14-4-2-3-7-23(14)18(25)13-21-8-10-22(11-9-21)16-6-5-15(19(20)26)12-17(16)24(27)28/h5-6,12,14H,2-4,7-11,13H2,1H3,(H2,20,26)/t14-/m1/s1. The van der Waals surface area contributed by atoms with Crippen molar-refractivity contribution in [1.29, 1.82) is 0 Å². The fourth-order valence-electron chi connectivity index (χ4n) is 3.99. The summed E-state index contributed by atoms with van der Waals surface area (Å²) in [6.07, 6.45) is 3.30. The van der Waals surface area contributed by atoms with Gasteiger partial charge in [-0.1, -0.05) is 0 Å². The van der Waals surface area contributed by atoms with Gasteiger partial charge in [-0.05, 0) is 38.3 Å². The van der Waals surface area contributed by atoms with Gasteiger partial charge in [0.1, 0.15) is 5.69 Å². The molecule has 2 N–H and O–H groups in total. The number of piperidine rings is 1. The lowest BCUT2D eigenvalue weighted by Crippen LogP contribution is -2.52. The molecule has 28 heavy (non-hydrogen) atoms. The minimum absolute atomic E-state index is 0.121. The van der Waals surface area contributed by atoms with Gasteiger partial charge in [-0.15, -0.1) is 0 Å². The first-order valence-corrected chi connectivity index (χ1v) is 9.72. The van der Waals surface area contributed by atoms with Gasteiger partial charge in [-0.2, -0.15) is 0 Å². The molecule has 0 saturated carbocycles. The summed E-state index contributed by atoms with van der Waals surface area (Å²) in [6.45, 7) is 5.80. The highest BCUT2D eigenvalue weighted by Crippen LogP contribution is 2.30. The molecule has 2 aliphatic rings. The molecule has 1 atom stereocenters. The van der Waals surface area contributed by atoms with E-state index in [1.54, 1.807) is 6.07 Å². The van der Waals surface area contributed by atoms with Crippen LogP contribution in [0.4, 0.5) is 11.4 Å². The predicted octanol–water partition coefficient (Wildman–Crippen LogP) is 1.22. The molecule has 2 fully saturated rings. The Bertz CT molecular complexity index is 761. The van der Waals surface area contributed by atoms with Gasteiger partial charge in [0, 0.05) is 50.4 Å². The molecule has 3 rings (SSSR count). The molecule has 2 aliphatic heterocycles. The number of benzene rings is 1. The van der Waals surface area contributed by atoms with Gasteiger partial charge < -0.3 is 15.5 Å². The molecule has 0 aliphatic carbocycles. The topological polar surface area (TPSA) is 113 Å². The van der Waals surface area contributed by atoms with Gasteiger partial charge in [-0.3, -0.25) is 24.6 Å². The van der Waals surface area contributed by atoms with E-state index in [2.05, 4.69) is 11.8 Å². The Kier molecular flexibility index (Phi) is 6.13. The van der Waals surface area contributed by atoms with Crippen LogP contribution >= 0.6 is 0 Å². The molecular weight excluding hydrogens is 362 g/mol. The summed E-state index contributed by atoms with van der Waals surface area (Å²) in [4.78, 5) is 40.8. The molecule has 0 aromatic heterocycles. The van der Waals surface area contributed by atoms with E-state index >= 15 is 0 Å². The van der Waals surface area contributed by atoms with Gasteiger partial charge in [0.2, 0.25) is 11.8 Å². The summed E-state index contributed by atoms with van der Waals surface area (Å²) >= 11 is 0. The Morgan fingerprint density at radius 1 is 1.18 bits per heavy atom. The molecular formula is C19H27N5O4. The van der Waals surface area contributed by atoms with Crippen molar-refractivity contribution in [3.63, 3.8) is 0 Å². The second-order valence-corrected chi connectivity index (χ2v) is 7.52. The number of hydrogen-bond donors (Lipinski definition) is 1. The third-order valence-corrected chi connectivity index (χ3v) is 5.65. The molecule has 1 aromatic rings. The summed E-state index contributed by atoms with van der Waals surface area (Å²) in [6, 6.07) is 4.62. The lowest BCUT2D eigenvalue weighted by atomic mass is 10.0. The third kappa shape index (κ3) is 4.41. The highest BCUT2D eigenvalue weighted by atomic mass is 16.6. The molecule has 2 saturated heterocycles. The Hall–Kier alpha value is -2.68. The van der Waals surface area contributed by atoms with Crippen molar-refractivity contribution < 1.29 is 14.5 Å². The number of amides is 2. The maximum Gasteiger partial charge on any atom is 0.293 e. The van der Waals surface area contributed by atoms with Crippen molar-refractivity contribution in [2.24, 2.45) is 5.73 Å². The molecule has 2 heterocycles. The van der Waals surface area contributed by atoms with Crippen LogP contribution in [0.5, 0.6) is 0 Å². The van der Waals surface area contributed by atoms with E-state index in [0.717, 1.165) is 19.4 Å². The largest absolute Gasteiger partial charge is 0.366 e. The Labute approximate surface area is 164 Å². The summed E-state index contributed by atoms with van der Waals surface area (Å²) < 4.78 is 0. The predicted molar refractivity (Wildman–Crippen MR) is 105 cm³/mol. The maximum absolute atomic E-state index is 12.6. The van der Waals surface area contributed by atoms with Gasteiger partial charge >= 0.3 is 0 Å². The monoisotopic (exact) mass is 389 g/mol. The number of rotatable bonds is 5. The quantitative estimate of drug-likeness (QED) is 0.598. The van der Waals surface area contributed by atoms with Gasteiger partial charge in [0.25, 0.3) is 5.69 Å². The van der Waals surface area contributed by atoms with Gasteiger partial charge in [0.15, 0.2) is 0 Å². The van der Waals surface area contributed by atoms with Crippen LogP contribution in [0, 0.1) is 10.1 Å². The van der Waals surface area contributed by atoms with Crippen LogP contribution in [0.1, 0.15) is 36.5 Å². The van der Waals surface area contributed by atoms with Crippen LogP contribution in [0.2, 0.25) is 0 Å². The van der Waals surface area contributed by atoms with E-state index < -0.39 is 10.8 Å². The summed E-state index contributed by atoms with van der Waals surface area (Å²) in [7, 11) is 0. The molecule has 0 spiro atoms. The fourth-order valence-corrected chi connectivity index (χ4v) is 3.99. The van der Waals surface area contributed by atoms with Crippen LogP contribution in [0.25, 0.3) is 0 Å². The zero-order valence-corrected chi connectivity index (χ0v) is 16.2. The average molecular weight is 389 g/mol. The molecule has 1 aromatic carbocycles. The van der Waals surface area contributed by atoms with E-state index in [1.165, 1.54) is 18.6 Å². The number of nitrogens with zero attached hydrogens (tertiary/aromatic N) is 4. The molecule has 152 valence electrons. The Morgan fingerprint density at radius 2 is 1.89 bits per heavy atom. The smallest absolute Gasteiger partial charge is 0.293 e. The van der Waals surface area contributed by atoms with E-state index in [1.807, 2.05) is 9.80 Å². The van der Waals surface area contributed by atoms with Crippen molar-refractivity contribution in [2.45, 2.75) is 32.2 Å². The van der Waals surface area contributed by atoms with Crippen LogP contribution < -0.4 is 10.6 Å². The minimum Gasteiger partial charge on any atom is -0.366 e. The number of likely N-dealkylation sites (tertiary alicyclic amines) is 1. The average Bonchev–Trinajstić information content (AvgIpc) is 2.68. The van der Waals surface area contributed by atoms with Crippen LogP contribution in [0.3, 0.4) is 0 Å². The Morgan fingerprint density at radius 3 is 2.50 bits per heavy atom. The molecule has 0 unspecified atom stereocenters. The normalized spacial score (nSPS) is 20.8. The molecule has 2 amide bonds. The molecule has 0 radical (unpaired) electrons. The number of nitrogens with two attached hydrogens (primary N) is 1. The SMILES string of the molecule is C[C@@H]1CCCCN1C(=O)CN1CCN(c2ccc(C(N)=O)cc2[N+](=O)[O-])CC1. The fraction of sp³-hybridized carbons (Fsp3) is 0.579. The number of primary amides is 1. The lowest BCUT2D eigenvalue weighted by Gasteiger charge is -2.38. The molecule has 9 nitrogen and oxygen atoms in total. The van der Waals surface area contributed by atoms with Crippen LogP contribution in [-0.4, -0.2) is 71.8 Å². The number of anilines is 1. The Balaban J connectivity index is 1.61.